The molecular weight excluding hydrogens is 428 g/mol. The molecule has 33 heavy (non-hydrogen) atoms. The minimum absolute atomic E-state index is 0.000298. The molecule has 0 aliphatic carbocycles. The van der Waals surface area contributed by atoms with E-state index >= 15 is 0 Å². The third-order valence-corrected chi connectivity index (χ3v) is 5.28. The normalized spacial score (nSPS) is 29.3. The van der Waals surface area contributed by atoms with Crippen molar-refractivity contribution in [3.8, 4) is 0 Å². The second-order valence-electron chi connectivity index (χ2n) is 9.49. The van der Waals surface area contributed by atoms with Crippen molar-refractivity contribution >= 4 is 11.9 Å². The van der Waals surface area contributed by atoms with Gasteiger partial charge in [0.25, 0.3) is 0 Å². The monoisotopic (exact) mass is 468 g/mol. The fourth-order valence-corrected chi connectivity index (χ4v) is 4.27. The van der Waals surface area contributed by atoms with E-state index < -0.39 is 11.6 Å². The van der Waals surface area contributed by atoms with Crippen LogP contribution in [0, 0.1) is 0 Å². The summed E-state index contributed by atoms with van der Waals surface area (Å²) in [5.74, 6) is -1.95. The van der Waals surface area contributed by atoms with Crippen LogP contribution < -0.4 is 0 Å². The van der Waals surface area contributed by atoms with Crippen LogP contribution in [0.2, 0.25) is 0 Å². The first kappa shape index (κ1) is 27.5. The van der Waals surface area contributed by atoms with E-state index in [1.54, 1.807) is 0 Å². The van der Waals surface area contributed by atoms with Crippen molar-refractivity contribution in [3.63, 3.8) is 0 Å². The second-order valence-corrected chi connectivity index (χ2v) is 9.49. The van der Waals surface area contributed by atoms with Crippen molar-refractivity contribution in [2.75, 3.05) is 13.2 Å². The number of rotatable bonds is 10. The van der Waals surface area contributed by atoms with E-state index in [0.717, 1.165) is 32.1 Å². The molecule has 0 bridgehead atoms. The topological polar surface area (TPSA) is 89.5 Å². The minimum Gasteiger partial charge on any atom is -0.462 e. The molecule has 4 atom stereocenters. The lowest BCUT2D eigenvalue weighted by Gasteiger charge is -2.45. The first-order valence-electron chi connectivity index (χ1n) is 11.7. The molecule has 2 aliphatic heterocycles. The highest BCUT2D eigenvalue weighted by molar-refractivity contribution is 5.66. The molecule has 0 unspecified atom stereocenters. The van der Waals surface area contributed by atoms with E-state index in [1.807, 2.05) is 52.0 Å². The lowest BCUT2D eigenvalue weighted by atomic mass is 9.96. The van der Waals surface area contributed by atoms with E-state index in [9.17, 15) is 9.59 Å². The molecule has 0 radical (unpaired) electrons. The maximum Gasteiger partial charge on any atom is 0.302 e. The SMILES string of the molecule is CC(=O)OC/C=C/C[C@@H]1C[C@H](C[C@@H]2C[C@H](C/C=C/COC(C)=O)OC(C)(C)O2)OC(C)(C)O1. The molecule has 188 valence electrons. The van der Waals surface area contributed by atoms with Crippen LogP contribution in [0.25, 0.3) is 0 Å². The average Bonchev–Trinajstić information content (AvgIpc) is 2.64. The molecule has 2 aliphatic rings. The van der Waals surface area contributed by atoms with Crippen molar-refractivity contribution in [3.05, 3.63) is 24.3 Å². The van der Waals surface area contributed by atoms with E-state index in [-0.39, 0.29) is 49.6 Å². The van der Waals surface area contributed by atoms with Crippen LogP contribution in [0.15, 0.2) is 24.3 Å². The summed E-state index contributed by atoms with van der Waals surface area (Å²) in [6.45, 7) is 11.1. The van der Waals surface area contributed by atoms with Crippen molar-refractivity contribution < 1.29 is 38.0 Å². The van der Waals surface area contributed by atoms with Gasteiger partial charge in [-0.15, -0.1) is 0 Å². The lowest BCUT2D eigenvalue weighted by Crippen LogP contribution is -2.49. The predicted molar refractivity (Wildman–Crippen MR) is 122 cm³/mol. The van der Waals surface area contributed by atoms with Gasteiger partial charge < -0.3 is 28.4 Å². The number of hydrogen-bond acceptors (Lipinski definition) is 8. The minimum atomic E-state index is -0.684. The Morgan fingerprint density at radius 2 is 1.06 bits per heavy atom. The molecule has 0 saturated carbocycles. The molecule has 0 N–H and O–H groups in total. The third-order valence-electron chi connectivity index (χ3n) is 5.28. The highest BCUT2D eigenvalue weighted by atomic mass is 16.7. The molecule has 0 aromatic carbocycles. The van der Waals surface area contributed by atoms with Gasteiger partial charge in [-0.3, -0.25) is 9.59 Å². The Hall–Kier alpha value is -1.74. The van der Waals surface area contributed by atoms with Crippen molar-refractivity contribution in [1.29, 1.82) is 0 Å². The number of ether oxygens (including phenoxy) is 6. The molecule has 0 aromatic heterocycles. The molecule has 8 heteroatoms. The maximum absolute atomic E-state index is 10.9. The van der Waals surface area contributed by atoms with Crippen molar-refractivity contribution in [2.24, 2.45) is 0 Å². The van der Waals surface area contributed by atoms with E-state index in [4.69, 9.17) is 28.4 Å². The van der Waals surface area contributed by atoms with Crippen LogP contribution in [0.1, 0.15) is 73.6 Å². The first-order chi connectivity index (χ1) is 15.4. The van der Waals surface area contributed by atoms with Gasteiger partial charge in [-0.25, -0.2) is 0 Å². The van der Waals surface area contributed by atoms with Crippen LogP contribution >= 0.6 is 0 Å². The predicted octanol–water partition coefficient (Wildman–Crippen LogP) is 4.22. The maximum atomic E-state index is 10.9. The Bertz CT molecular complexity index is 639. The summed E-state index contributed by atoms with van der Waals surface area (Å²) in [6.07, 6.45) is 11.4. The third kappa shape index (κ3) is 11.3. The Kier molecular flexibility index (Phi) is 10.5. The number of carbonyl (C=O) groups is 2. The summed E-state index contributed by atoms with van der Waals surface area (Å²) in [5, 5.41) is 0. The van der Waals surface area contributed by atoms with Gasteiger partial charge in [0.1, 0.15) is 13.2 Å². The Balaban J connectivity index is 1.88. The highest BCUT2D eigenvalue weighted by Gasteiger charge is 2.40. The number of hydrogen-bond donors (Lipinski definition) is 0. The van der Waals surface area contributed by atoms with Gasteiger partial charge in [0.05, 0.1) is 24.4 Å². The zero-order valence-electron chi connectivity index (χ0n) is 20.8. The smallest absolute Gasteiger partial charge is 0.302 e. The van der Waals surface area contributed by atoms with Crippen LogP contribution in [-0.4, -0.2) is 61.1 Å². The molecule has 2 fully saturated rings. The average molecular weight is 469 g/mol. The van der Waals surface area contributed by atoms with Gasteiger partial charge in [0.15, 0.2) is 11.6 Å². The first-order valence-corrected chi connectivity index (χ1v) is 11.7. The van der Waals surface area contributed by atoms with Crippen LogP contribution in [0.5, 0.6) is 0 Å². The molecule has 8 nitrogen and oxygen atoms in total. The molecule has 2 rings (SSSR count). The van der Waals surface area contributed by atoms with Gasteiger partial charge in [-0.2, -0.15) is 0 Å². The standard InChI is InChI=1S/C25H40O8/c1-18(26)28-13-9-7-11-20-15-22(32-24(3,4)30-20)17-23-16-21(31-25(5,6)33-23)12-8-10-14-29-19(2)27/h7-10,20-23H,11-17H2,1-6H3/b9-7+,10-8+/t20-,21+,22-,23+. The summed E-state index contributed by atoms with van der Waals surface area (Å²) >= 11 is 0. The largest absolute Gasteiger partial charge is 0.462 e. The molecular formula is C25H40O8. The van der Waals surface area contributed by atoms with Crippen LogP contribution in [-0.2, 0) is 38.0 Å². The lowest BCUT2D eigenvalue weighted by molar-refractivity contribution is -0.324. The summed E-state index contributed by atoms with van der Waals surface area (Å²) < 4.78 is 34.4. The van der Waals surface area contributed by atoms with Gasteiger partial charge in [-0.1, -0.05) is 24.3 Å². The highest BCUT2D eigenvalue weighted by Crippen LogP contribution is 2.35. The summed E-state index contributed by atoms with van der Waals surface area (Å²) in [7, 11) is 0. The Morgan fingerprint density at radius 3 is 1.42 bits per heavy atom. The fourth-order valence-electron chi connectivity index (χ4n) is 4.27. The molecule has 2 saturated heterocycles. The molecule has 2 heterocycles. The zero-order valence-corrected chi connectivity index (χ0v) is 20.8. The molecule has 0 spiro atoms. The second kappa shape index (κ2) is 12.6. The fraction of sp³-hybridized carbons (Fsp3) is 0.760. The zero-order chi connectivity index (χ0) is 24.5. The number of carbonyl (C=O) groups excluding carboxylic acids is 2. The quantitative estimate of drug-likeness (QED) is 0.348. The van der Waals surface area contributed by atoms with Gasteiger partial charge in [0, 0.05) is 33.1 Å². The van der Waals surface area contributed by atoms with Crippen LogP contribution in [0.3, 0.4) is 0 Å². The summed E-state index contributed by atoms with van der Waals surface area (Å²) in [4.78, 5) is 21.7. The molecule has 0 amide bonds. The van der Waals surface area contributed by atoms with Crippen molar-refractivity contribution in [2.45, 2.75) is 110 Å². The van der Waals surface area contributed by atoms with E-state index in [2.05, 4.69) is 0 Å². The van der Waals surface area contributed by atoms with E-state index in [0.29, 0.717) is 0 Å². The van der Waals surface area contributed by atoms with Crippen LogP contribution in [0.4, 0.5) is 0 Å². The Labute approximate surface area is 197 Å². The summed E-state index contributed by atoms with van der Waals surface area (Å²) in [6, 6.07) is 0. The van der Waals surface area contributed by atoms with Gasteiger partial charge >= 0.3 is 11.9 Å². The van der Waals surface area contributed by atoms with Gasteiger partial charge in [0.2, 0.25) is 0 Å². The Morgan fingerprint density at radius 1 is 0.697 bits per heavy atom. The molecule has 0 aromatic rings. The van der Waals surface area contributed by atoms with E-state index in [1.165, 1.54) is 13.8 Å². The number of esters is 2. The summed E-state index contributed by atoms with van der Waals surface area (Å²) in [5.41, 5.74) is 0. The van der Waals surface area contributed by atoms with Gasteiger partial charge in [-0.05, 0) is 40.5 Å². The van der Waals surface area contributed by atoms with Crippen molar-refractivity contribution in [1.82, 2.24) is 0 Å².